The number of esters is 1. The van der Waals surface area contributed by atoms with Gasteiger partial charge in [0.15, 0.2) is 0 Å². The summed E-state index contributed by atoms with van der Waals surface area (Å²) in [6, 6.07) is 17.6. The molecule has 1 N–H and O–H groups in total. The third kappa shape index (κ3) is 5.58. The van der Waals surface area contributed by atoms with E-state index in [1.54, 1.807) is 42.5 Å². The SMILES string of the molecule is CCOC(=O)c1ccc(N2C(=O)C[C@@H](N(CCc3cccs3)C(=O)Nc3ccccc3)C2=O)cc1. The number of carbonyl (C=O) groups is 4. The van der Waals surface area contributed by atoms with E-state index in [4.69, 9.17) is 4.74 Å². The molecule has 1 saturated heterocycles. The van der Waals surface area contributed by atoms with Crippen LogP contribution in [0, 0.1) is 0 Å². The van der Waals surface area contributed by atoms with Gasteiger partial charge in [0.25, 0.3) is 5.91 Å². The van der Waals surface area contributed by atoms with Crippen LogP contribution < -0.4 is 10.2 Å². The molecule has 9 heteroatoms. The normalized spacial score (nSPS) is 15.2. The topological polar surface area (TPSA) is 96.0 Å². The van der Waals surface area contributed by atoms with E-state index < -0.39 is 29.9 Å². The summed E-state index contributed by atoms with van der Waals surface area (Å²) in [5, 5.41) is 4.78. The number of carbonyl (C=O) groups excluding carboxylic acids is 4. The Bertz CT molecular complexity index is 1200. The van der Waals surface area contributed by atoms with Crippen LogP contribution in [0.3, 0.4) is 0 Å². The second-order valence-electron chi connectivity index (χ2n) is 7.87. The molecule has 4 rings (SSSR count). The highest BCUT2D eigenvalue weighted by Gasteiger charge is 2.44. The Balaban J connectivity index is 1.54. The lowest BCUT2D eigenvalue weighted by Crippen LogP contribution is -2.48. The van der Waals surface area contributed by atoms with E-state index in [-0.39, 0.29) is 19.6 Å². The van der Waals surface area contributed by atoms with Crippen LogP contribution in [0.4, 0.5) is 16.2 Å². The highest BCUT2D eigenvalue weighted by atomic mass is 32.1. The molecule has 0 bridgehead atoms. The Morgan fingerprint density at radius 2 is 1.80 bits per heavy atom. The molecular formula is C26H25N3O5S. The van der Waals surface area contributed by atoms with Crippen molar-refractivity contribution in [3.8, 4) is 0 Å². The smallest absolute Gasteiger partial charge is 0.338 e. The van der Waals surface area contributed by atoms with Crippen LogP contribution in [0.5, 0.6) is 0 Å². The predicted molar refractivity (Wildman–Crippen MR) is 133 cm³/mol. The van der Waals surface area contributed by atoms with Gasteiger partial charge in [-0.15, -0.1) is 11.3 Å². The molecule has 2 heterocycles. The molecule has 8 nitrogen and oxygen atoms in total. The zero-order valence-corrected chi connectivity index (χ0v) is 20.0. The lowest BCUT2D eigenvalue weighted by Gasteiger charge is -2.27. The Morgan fingerprint density at radius 1 is 1.06 bits per heavy atom. The van der Waals surface area contributed by atoms with Gasteiger partial charge in [0.2, 0.25) is 5.91 Å². The summed E-state index contributed by atoms with van der Waals surface area (Å²) in [5.41, 5.74) is 1.27. The van der Waals surface area contributed by atoms with Gasteiger partial charge in [0.05, 0.1) is 24.3 Å². The van der Waals surface area contributed by atoms with Crippen molar-refractivity contribution in [2.45, 2.75) is 25.8 Å². The fourth-order valence-corrected chi connectivity index (χ4v) is 4.59. The number of imide groups is 1. The first-order valence-corrected chi connectivity index (χ1v) is 12.1. The number of hydrogen-bond acceptors (Lipinski definition) is 6. The number of anilines is 2. The maximum Gasteiger partial charge on any atom is 0.338 e. The molecular weight excluding hydrogens is 466 g/mol. The van der Waals surface area contributed by atoms with Crippen molar-refractivity contribution in [3.05, 3.63) is 82.6 Å². The third-order valence-electron chi connectivity index (χ3n) is 5.60. The van der Waals surface area contributed by atoms with E-state index in [9.17, 15) is 19.2 Å². The summed E-state index contributed by atoms with van der Waals surface area (Å²) < 4.78 is 4.98. The number of urea groups is 1. The second-order valence-corrected chi connectivity index (χ2v) is 8.91. The van der Waals surface area contributed by atoms with Gasteiger partial charge >= 0.3 is 12.0 Å². The number of para-hydroxylation sites is 1. The molecule has 0 saturated carbocycles. The van der Waals surface area contributed by atoms with Gasteiger partial charge in [0.1, 0.15) is 6.04 Å². The summed E-state index contributed by atoms with van der Waals surface area (Å²) in [5.74, 6) is -1.36. The van der Waals surface area contributed by atoms with Crippen molar-refractivity contribution in [3.63, 3.8) is 0 Å². The van der Waals surface area contributed by atoms with Crippen molar-refractivity contribution in [2.24, 2.45) is 0 Å². The van der Waals surface area contributed by atoms with Crippen molar-refractivity contribution in [1.82, 2.24) is 4.90 Å². The van der Waals surface area contributed by atoms with E-state index in [0.29, 0.717) is 23.4 Å². The van der Waals surface area contributed by atoms with Crippen molar-refractivity contribution < 1.29 is 23.9 Å². The molecule has 0 spiro atoms. The molecule has 3 aromatic rings. The van der Waals surface area contributed by atoms with Gasteiger partial charge in [-0.1, -0.05) is 24.3 Å². The number of thiophene rings is 1. The minimum absolute atomic E-state index is 0.120. The van der Waals surface area contributed by atoms with Gasteiger partial charge in [-0.05, 0) is 61.2 Å². The Kier molecular flexibility index (Phi) is 7.57. The molecule has 0 aliphatic carbocycles. The summed E-state index contributed by atoms with van der Waals surface area (Å²) in [4.78, 5) is 55.0. The first kappa shape index (κ1) is 24.2. The number of benzene rings is 2. The van der Waals surface area contributed by atoms with Crippen LogP contribution in [0.1, 0.15) is 28.6 Å². The molecule has 2 aromatic carbocycles. The zero-order valence-electron chi connectivity index (χ0n) is 19.2. The Morgan fingerprint density at radius 3 is 2.46 bits per heavy atom. The first-order valence-electron chi connectivity index (χ1n) is 11.3. The molecule has 35 heavy (non-hydrogen) atoms. The van der Waals surface area contributed by atoms with E-state index in [1.807, 2.05) is 23.6 Å². The molecule has 1 aliphatic heterocycles. The van der Waals surface area contributed by atoms with Gasteiger partial charge in [-0.2, -0.15) is 0 Å². The van der Waals surface area contributed by atoms with Crippen molar-refractivity contribution in [1.29, 1.82) is 0 Å². The van der Waals surface area contributed by atoms with Crippen LogP contribution in [0.15, 0.2) is 72.1 Å². The standard InChI is InChI=1S/C26H25N3O5S/c1-2-34-25(32)18-10-12-20(13-11-18)29-23(30)17-22(24(29)31)28(15-14-21-9-6-16-35-21)26(33)27-19-7-4-3-5-8-19/h3-13,16,22H,2,14-15,17H2,1H3,(H,27,33)/t22-/m1/s1. The van der Waals surface area contributed by atoms with Crippen LogP contribution in [0.25, 0.3) is 0 Å². The number of rotatable bonds is 8. The average molecular weight is 492 g/mol. The summed E-state index contributed by atoms with van der Waals surface area (Å²) in [6.45, 7) is 2.24. The zero-order chi connectivity index (χ0) is 24.8. The fourth-order valence-electron chi connectivity index (χ4n) is 3.89. The number of hydrogen-bond donors (Lipinski definition) is 1. The minimum Gasteiger partial charge on any atom is -0.462 e. The minimum atomic E-state index is -0.934. The fraction of sp³-hybridized carbons (Fsp3) is 0.231. The van der Waals surface area contributed by atoms with Gasteiger partial charge in [0, 0.05) is 17.1 Å². The number of ether oxygens (including phenoxy) is 1. The molecule has 1 aliphatic rings. The monoisotopic (exact) mass is 491 g/mol. The highest BCUT2D eigenvalue weighted by molar-refractivity contribution is 7.09. The van der Waals surface area contributed by atoms with Crippen LogP contribution >= 0.6 is 11.3 Å². The van der Waals surface area contributed by atoms with Gasteiger partial charge in [-0.3, -0.25) is 9.59 Å². The van der Waals surface area contributed by atoms with Crippen LogP contribution in [-0.2, 0) is 20.7 Å². The first-order chi connectivity index (χ1) is 17.0. The van der Waals surface area contributed by atoms with E-state index in [1.165, 1.54) is 29.2 Å². The maximum atomic E-state index is 13.4. The maximum absolute atomic E-state index is 13.4. The molecule has 0 radical (unpaired) electrons. The molecule has 180 valence electrons. The molecule has 4 amide bonds. The number of amides is 4. The second kappa shape index (κ2) is 11.0. The van der Waals surface area contributed by atoms with Crippen LogP contribution in [-0.4, -0.2) is 47.9 Å². The Hall–Kier alpha value is -3.98. The van der Waals surface area contributed by atoms with E-state index in [2.05, 4.69) is 5.32 Å². The lowest BCUT2D eigenvalue weighted by atomic mass is 10.2. The van der Waals surface area contributed by atoms with Crippen molar-refractivity contribution in [2.75, 3.05) is 23.4 Å². The molecule has 1 aromatic heterocycles. The lowest BCUT2D eigenvalue weighted by molar-refractivity contribution is -0.122. The van der Waals surface area contributed by atoms with E-state index in [0.717, 1.165) is 9.78 Å². The average Bonchev–Trinajstić information content (AvgIpc) is 3.48. The predicted octanol–water partition coefficient (Wildman–Crippen LogP) is 4.33. The Labute approximate surface area is 207 Å². The largest absolute Gasteiger partial charge is 0.462 e. The van der Waals surface area contributed by atoms with Crippen molar-refractivity contribution >= 4 is 46.5 Å². The summed E-state index contributed by atoms with van der Waals surface area (Å²) in [7, 11) is 0. The van der Waals surface area contributed by atoms with Gasteiger partial charge in [-0.25, -0.2) is 14.5 Å². The number of nitrogens with one attached hydrogen (secondary N) is 1. The third-order valence-corrected chi connectivity index (χ3v) is 6.54. The number of nitrogens with zero attached hydrogens (tertiary/aromatic N) is 2. The van der Waals surface area contributed by atoms with E-state index >= 15 is 0 Å². The molecule has 0 unspecified atom stereocenters. The van der Waals surface area contributed by atoms with Crippen LogP contribution in [0.2, 0.25) is 0 Å². The molecule has 1 fully saturated rings. The quantitative estimate of drug-likeness (QED) is 0.374. The summed E-state index contributed by atoms with van der Waals surface area (Å²) in [6.07, 6.45) is 0.442. The van der Waals surface area contributed by atoms with Gasteiger partial charge < -0.3 is 15.0 Å². The highest BCUT2D eigenvalue weighted by Crippen LogP contribution is 2.27. The molecule has 1 atom stereocenters. The summed E-state index contributed by atoms with van der Waals surface area (Å²) >= 11 is 1.57.